The molecular formula is C16H17N3O. The third kappa shape index (κ3) is 2.33. The van der Waals surface area contributed by atoms with Crippen molar-refractivity contribution < 1.29 is 4.74 Å². The molecule has 4 heteroatoms. The average molecular weight is 267 g/mol. The van der Waals surface area contributed by atoms with Crippen molar-refractivity contribution in [3.8, 4) is 6.07 Å². The number of ether oxygens (including phenoxy) is 1. The van der Waals surface area contributed by atoms with Gasteiger partial charge in [-0.15, -0.1) is 0 Å². The van der Waals surface area contributed by atoms with Crippen molar-refractivity contribution in [1.82, 2.24) is 4.98 Å². The minimum absolute atomic E-state index is 0.434. The Hall–Kier alpha value is -2.12. The zero-order chi connectivity index (χ0) is 13.9. The highest BCUT2D eigenvalue weighted by Gasteiger charge is 2.20. The molecule has 1 saturated heterocycles. The summed E-state index contributed by atoms with van der Waals surface area (Å²) in [4.78, 5) is 6.87. The van der Waals surface area contributed by atoms with Crippen LogP contribution in [0, 0.1) is 11.3 Å². The average Bonchev–Trinajstić information content (AvgIpc) is 2.54. The number of nitriles is 1. The van der Waals surface area contributed by atoms with Crippen LogP contribution in [0.1, 0.15) is 18.4 Å². The van der Waals surface area contributed by atoms with Crippen LogP contribution in [0.3, 0.4) is 0 Å². The van der Waals surface area contributed by atoms with Crippen LogP contribution >= 0.6 is 0 Å². The minimum atomic E-state index is 0.434. The van der Waals surface area contributed by atoms with Gasteiger partial charge in [0.2, 0.25) is 0 Å². The summed E-state index contributed by atoms with van der Waals surface area (Å²) in [6, 6.07) is 12.4. The van der Waals surface area contributed by atoms with Crippen LogP contribution in [0.4, 0.5) is 5.82 Å². The van der Waals surface area contributed by atoms with E-state index >= 15 is 0 Å². The van der Waals surface area contributed by atoms with E-state index in [0.717, 1.165) is 42.8 Å². The maximum Gasteiger partial charge on any atom is 0.130 e. The first-order chi connectivity index (χ1) is 9.79. The van der Waals surface area contributed by atoms with Crippen molar-refractivity contribution >= 4 is 16.7 Å². The van der Waals surface area contributed by atoms with Gasteiger partial charge >= 0.3 is 0 Å². The fraction of sp³-hybridized carbons (Fsp3) is 0.375. The van der Waals surface area contributed by atoms with Gasteiger partial charge in [0.15, 0.2) is 0 Å². The smallest absolute Gasteiger partial charge is 0.130 e. The lowest BCUT2D eigenvalue weighted by Gasteiger charge is -2.32. The highest BCUT2D eigenvalue weighted by atomic mass is 16.5. The van der Waals surface area contributed by atoms with Crippen LogP contribution in [-0.2, 0) is 4.74 Å². The second-order valence-corrected chi connectivity index (χ2v) is 5.11. The molecule has 0 unspecified atom stereocenters. The van der Waals surface area contributed by atoms with E-state index in [0.29, 0.717) is 11.6 Å². The van der Waals surface area contributed by atoms with Crippen LogP contribution in [0.5, 0.6) is 0 Å². The number of nitrogens with zero attached hydrogens (tertiary/aromatic N) is 3. The molecule has 0 atom stereocenters. The Bertz CT molecular complexity index is 656. The van der Waals surface area contributed by atoms with Crippen LogP contribution in [-0.4, -0.2) is 31.3 Å². The van der Waals surface area contributed by atoms with Crippen molar-refractivity contribution in [1.29, 1.82) is 5.26 Å². The number of pyridine rings is 1. The molecule has 2 heterocycles. The summed E-state index contributed by atoms with van der Waals surface area (Å²) in [5.74, 6) is 0.868. The molecule has 0 bridgehead atoms. The number of anilines is 1. The van der Waals surface area contributed by atoms with Gasteiger partial charge in [0.25, 0.3) is 0 Å². The lowest BCUT2D eigenvalue weighted by atomic mass is 10.1. The minimum Gasteiger partial charge on any atom is -0.381 e. The molecule has 1 aliphatic heterocycles. The predicted octanol–water partition coefficient (Wildman–Crippen LogP) is 2.72. The van der Waals surface area contributed by atoms with Crippen LogP contribution in [0.2, 0.25) is 0 Å². The summed E-state index contributed by atoms with van der Waals surface area (Å²) in [5, 5.41) is 10.3. The van der Waals surface area contributed by atoms with Gasteiger partial charge in [0.1, 0.15) is 5.82 Å². The van der Waals surface area contributed by atoms with Gasteiger partial charge in [-0.1, -0.05) is 18.2 Å². The molecule has 1 aliphatic rings. The molecule has 0 aliphatic carbocycles. The Morgan fingerprint density at radius 1 is 1.30 bits per heavy atom. The van der Waals surface area contributed by atoms with Gasteiger partial charge in [-0.3, -0.25) is 0 Å². The number of para-hydroxylation sites is 1. The summed E-state index contributed by atoms with van der Waals surface area (Å²) in [6.45, 7) is 1.60. The van der Waals surface area contributed by atoms with Gasteiger partial charge in [0, 0.05) is 31.7 Å². The zero-order valence-corrected chi connectivity index (χ0v) is 11.5. The first-order valence-electron chi connectivity index (χ1n) is 6.90. The van der Waals surface area contributed by atoms with Crippen molar-refractivity contribution in [2.75, 3.05) is 25.2 Å². The number of aromatic nitrogens is 1. The maximum absolute atomic E-state index is 9.34. The quantitative estimate of drug-likeness (QED) is 0.839. The normalized spacial score (nSPS) is 16.0. The first kappa shape index (κ1) is 12.9. The van der Waals surface area contributed by atoms with Crippen LogP contribution < -0.4 is 4.90 Å². The van der Waals surface area contributed by atoms with E-state index in [4.69, 9.17) is 9.72 Å². The lowest BCUT2D eigenvalue weighted by molar-refractivity contribution is 0.0854. The van der Waals surface area contributed by atoms with E-state index in [1.54, 1.807) is 0 Å². The zero-order valence-electron chi connectivity index (χ0n) is 11.5. The third-order valence-corrected chi connectivity index (χ3v) is 3.92. The molecule has 2 aromatic rings. The Morgan fingerprint density at radius 3 is 2.80 bits per heavy atom. The number of hydrogen-bond acceptors (Lipinski definition) is 4. The van der Waals surface area contributed by atoms with Crippen molar-refractivity contribution in [3.63, 3.8) is 0 Å². The standard InChI is InChI=1S/C16H17N3O/c1-19(13-6-8-20-9-7-13)16-10-12(11-17)14-4-2-3-5-15(14)18-16/h2-5,10,13H,6-9H2,1H3. The molecule has 0 amide bonds. The van der Waals surface area contributed by atoms with Crippen LogP contribution in [0.25, 0.3) is 10.9 Å². The van der Waals surface area contributed by atoms with Crippen molar-refractivity contribution in [2.45, 2.75) is 18.9 Å². The molecule has 0 spiro atoms. The van der Waals surface area contributed by atoms with E-state index in [-0.39, 0.29) is 0 Å². The van der Waals surface area contributed by atoms with Crippen LogP contribution in [0.15, 0.2) is 30.3 Å². The molecule has 3 rings (SSSR count). The SMILES string of the molecule is CN(c1cc(C#N)c2ccccc2n1)C1CCOCC1. The lowest BCUT2D eigenvalue weighted by Crippen LogP contribution is -2.37. The van der Waals surface area contributed by atoms with Crippen molar-refractivity contribution in [2.24, 2.45) is 0 Å². The molecule has 4 nitrogen and oxygen atoms in total. The molecule has 0 radical (unpaired) electrons. The van der Waals surface area contributed by atoms with E-state index in [2.05, 4.69) is 11.0 Å². The fourth-order valence-corrected chi connectivity index (χ4v) is 2.69. The van der Waals surface area contributed by atoms with Crippen molar-refractivity contribution in [3.05, 3.63) is 35.9 Å². The summed E-state index contributed by atoms with van der Waals surface area (Å²) in [5.41, 5.74) is 1.56. The number of fused-ring (bicyclic) bond motifs is 1. The highest BCUT2D eigenvalue weighted by Crippen LogP contribution is 2.25. The predicted molar refractivity (Wildman–Crippen MR) is 78.7 cm³/mol. The molecule has 0 saturated carbocycles. The Morgan fingerprint density at radius 2 is 2.05 bits per heavy atom. The topological polar surface area (TPSA) is 49.2 Å². The summed E-state index contributed by atoms with van der Waals surface area (Å²) >= 11 is 0. The Balaban J connectivity index is 2.01. The Labute approximate surface area is 118 Å². The highest BCUT2D eigenvalue weighted by molar-refractivity contribution is 5.86. The maximum atomic E-state index is 9.34. The van der Waals surface area contributed by atoms with Gasteiger partial charge < -0.3 is 9.64 Å². The molecule has 0 N–H and O–H groups in total. The molecule has 1 fully saturated rings. The molecule has 20 heavy (non-hydrogen) atoms. The number of rotatable bonds is 2. The van der Waals surface area contributed by atoms with E-state index < -0.39 is 0 Å². The summed E-state index contributed by atoms with van der Waals surface area (Å²) in [7, 11) is 2.05. The number of benzene rings is 1. The Kier molecular flexibility index (Phi) is 3.53. The summed E-state index contributed by atoms with van der Waals surface area (Å²) in [6.07, 6.45) is 2.01. The number of hydrogen-bond donors (Lipinski definition) is 0. The molecule has 1 aromatic carbocycles. The van der Waals surface area contributed by atoms with E-state index in [1.807, 2.05) is 37.4 Å². The van der Waals surface area contributed by atoms with Gasteiger partial charge in [-0.25, -0.2) is 4.98 Å². The van der Waals surface area contributed by atoms with Gasteiger partial charge in [-0.2, -0.15) is 5.26 Å². The summed E-state index contributed by atoms with van der Waals surface area (Å²) < 4.78 is 5.40. The fourth-order valence-electron chi connectivity index (χ4n) is 2.69. The molecule has 1 aromatic heterocycles. The first-order valence-corrected chi connectivity index (χ1v) is 6.90. The largest absolute Gasteiger partial charge is 0.381 e. The van der Waals surface area contributed by atoms with Gasteiger partial charge in [-0.05, 0) is 25.0 Å². The molecule has 102 valence electrons. The van der Waals surface area contributed by atoms with E-state index in [9.17, 15) is 5.26 Å². The van der Waals surface area contributed by atoms with E-state index in [1.165, 1.54) is 0 Å². The second kappa shape index (κ2) is 5.48. The third-order valence-electron chi connectivity index (χ3n) is 3.92. The molecular weight excluding hydrogens is 250 g/mol. The van der Waals surface area contributed by atoms with Gasteiger partial charge in [0.05, 0.1) is 17.1 Å². The monoisotopic (exact) mass is 267 g/mol. The second-order valence-electron chi connectivity index (χ2n) is 5.11.